The van der Waals surface area contributed by atoms with Crippen molar-refractivity contribution in [2.75, 3.05) is 18.5 Å². The van der Waals surface area contributed by atoms with E-state index >= 15 is 0 Å². The highest BCUT2D eigenvalue weighted by atomic mass is 16.5. The predicted molar refractivity (Wildman–Crippen MR) is 84.2 cm³/mol. The summed E-state index contributed by atoms with van der Waals surface area (Å²) < 4.78 is 13.0. The number of nitrogens with one attached hydrogen (secondary N) is 1. The third-order valence-electron chi connectivity index (χ3n) is 3.21. The number of guanidine groups is 1. The Kier molecular flexibility index (Phi) is 4.13. The van der Waals surface area contributed by atoms with Gasteiger partial charge >= 0.3 is 0 Å². The van der Waals surface area contributed by atoms with Gasteiger partial charge in [0.15, 0.2) is 17.5 Å². The van der Waals surface area contributed by atoms with Crippen LogP contribution >= 0.6 is 0 Å². The average Bonchev–Trinajstić information content (AvgIpc) is 2.78. The van der Waals surface area contributed by atoms with Crippen LogP contribution in [0.5, 0.6) is 11.5 Å². The van der Waals surface area contributed by atoms with E-state index in [-0.39, 0.29) is 0 Å². The molecular weight excluding hydrogens is 282 g/mol. The van der Waals surface area contributed by atoms with Gasteiger partial charge in [-0.1, -0.05) is 0 Å². The van der Waals surface area contributed by atoms with E-state index in [2.05, 4.69) is 15.4 Å². The number of aliphatic imine (C=N–C) groups is 1. The predicted octanol–water partition coefficient (Wildman–Crippen LogP) is 1.51. The molecule has 0 saturated heterocycles. The molecular formula is C15H19N5O2. The largest absolute Gasteiger partial charge is 0.490 e. The number of nitrogens with zero attached hydrogens (tertiary/aromatic N) is 3. The molecule has 1 aliphatic rings. The lowest BCUT2D eigenvalue weighted by atomic mass is 10.3. The summed E-state index contributed by atoms with van der Waals surface area (Å²) in [6.07, 6.45) is 4.56. The normalized spacial score (nSPS) is 14.5. The van der Waals surface area contributed by atoms with E-state index in [1.807, 2.05) is 31.4 Å². The molecule has 3 rings (SSSR count). The maximum atomic E-state index is 5.91. The first-order valence-corrected chi connectivity index (χ1v) is 7.15. The molecule has 1 aliphatic heterocycles. The second kappa shape index (κ2) is 6.38. The van der Waals surface area contributed by atoms with Gasteiger partial charge in [0.05, 0.1) is 26.0 Å². The average molecular weight is 301 g/mol. The maximum Gasteiger partial charge on any atom is 0.193 e. The number of ether oxygens (including phenoxy) is 2. The third-order valence-corrected chi connectivity index (χ3v) is 3.21. The Morgan fingerprint density at radius 1 is 1.36 bits per heavy atom. The molecule has 22 heavy (non-hydrogen) atoms. The van der Waals surface area contributed by atoms with Crippen LogP contribution in [0.15, 0.2) is 35.6 Å². The maximum absolute atomic E-state index is 5.91. The van der Waals surface area contributed by atoms with Crippen LogP contribution in [-0.2, 0) is 13.6 Å². The first-order valence-electron chi connectivity index (χ1n) is 7.15. The number of rotatable bonds is 3. The van der Waals surface area contributed by atoms with Crippen molar-refractivity contribution in [3.05, 3.63) is 36.2 Å². The summed E-state index contributed by atoms with van der Waals surface area (Å²) in [6.45, 7) is 1.81. The van der Waals surface area contributed by atoms with Crippen molar-refractivity contribution >= 4 is 11.6 Å². The van der Waals surface area contributed by atoms with Crippen LogP contribution in [0, 0.1) is 0 Å². The Bertz CT molecular complexity index is 680. The number of hydrogen-bond acceptors (Lipinski definition) is 4. The van der Waals surface area contributed by atoms with Crippen molar-refractivity contribution in [3.8, 4) is 11.5 Å². The zero-order valence-corrected chi connectivity index (χ0v) is 12.5. The standard InChI is InChI=1S/C15H19N5O2/c1-20-10-11(9-18-20)8-17-15(16)19-12-3-4-13-14(7-12)22-6-2-5-21-13/h3-4,7,9-10H,2,5-6,8H2,1H3,(H3,16,17,19). The molecule has 0 unspecified atom stereocenters. The summed E-state index contributed by atoms with van der Waals surface area (Å²) in [6, 6.07) is 5.63. The number of fused-ring (bicyclic) bond motifs is 1. The van der Waals surface area contributed by atoms with Gasteiger partial charge in [-0.05, 0) is 12.1 Å². The zero-order valence-electron chi connectivity index (χ0n) is 12.5. The fraction of sp³-hybridized carbons (Fsp3) is 0.333. The van der Waals surface area contributed by atoms with Gasteiger partial charge in [0.1, 0.15) is 0 Å². The molecule has 0 amide bonds. The number of aryl methyl sites for hydroxylation is 1. The van der Waals surface area contributed by atoms with Crippen molar-refractivity contribution in [2.24, 2.45) is 17.8 Å². The summed E-state index contributed by atoms with van der Waals surface area (Å²) >= 11 is 0. The van der Waals surface area contributed by atoms with Crippen molar-refractivity contribution in [1.29, 1.82) is 0 Å². The molecule has 2 aromatic rings. The second-order valence-corrected chi connectivity index (χ2v) is 5.06. The lowest BCUT2D eigenvalue weighted by Gasteiger charge is -2.10. The van der Waals surface area contributed by atoms with Crippen molar-refractivity contribution in [1.82, 2.24) is 9.78 Å². The Labute approximate surface area is 128 Å². The SMILES string of the molecule is Cn1cc(CN=C(N)Nc2ccc3c(c2)OCCCO3)cn1. The molecule has 1 aromatic heterocycles. The molecule has 7 nitrogen and oxygen atoms in total. The molecule has 1 aromatic carbocycles. The minimum Gasteiger partial charge on any atom is -0.490 e. The molecule has 0 saturated carbocycles. The van der Waals surface area contributed by atoms with Crippen LogP contribution in [0.4, 0.5) is 5.69 Å². The number of aromatic nitrogens is 2. The lowest BCUT2D eigenvalue weighted by molar-refractivity contribution is 0.297. The number of anilines is 1. The van der Waals surface area contributed by atoms with Crippen LogP contribution in [0.2, 0.25) is 0 Å². The minimum absolute atomic E-state index is 0.346. The van der Waals surface area contributed by atoms with E-state index in [0.717, 1.165) is 29.2 Å². The Hall–Kier alpha value is -2.70. The molecule has 0 fully saturated rings. The van der Waals surface area contributed by atoms with Gasteiger partial charge in [-0.3, -0.25) is 4.68 Å². The van der Waals surface area contributed by atoms with Crippen molar-refractivity contribution < 1.29 is 9.47 Å². The molecule has 7 heteroatoms. The summed E-state index contributed by atoms with van der Waals surface area (Å²) in [4.78, 5) is 4.29. The Morgan fingerprint density at radius 2 is 2.18 bits per heavy atom. The molecule has 0 atom stereocenters. The zero-order chi connectivity index (χ0) is 15.4. The molecule has 0 radical (unpaired) electrons. The first-order chi connectivity index (χ1) is 10.7. The lowest BCUT2D eigenvalue weighted by Crippen LogP contribution is -2.22. The summed E-state index contributed by atoms with van der Waals surface area (Å²) in [5.74, 6) is 1.83. The highest BCUT2D eigenvalue weighted by molar-refractivity contribution is 5.92. The number of benzene rings is 1. The Morgan fingerprint density at radius 3 is 2.95 bits per heavy atom. The molecule has 2 heterocycles. The second-order valence-electron chi connectivity index (χ2n) is 5.06. The number of hydrogen-bond donors (Lipinski definition) is 2. The van der Waals surface area contributed by atoms with Crippen LogP contribution in [0.3, 0.4) is 0 Å². The van der Waals surface area contributed by atoms with Gasteiger partial charge in [0, 0.05) is 37.0 Å². The monoisotopic (exact) mass is 301 g/mol. The van der Waals surface area contributed by atoms with Gasteiger partial charge < -0.3 is 20.5 Å². The van der Waals surface area contributed by atoms with E-state index in [9.17, 15) is 0 Å². The Balaban J connectivity index is 1.65. The van der Waals surface area contributed by atoms with Crippen molar-refractivity contribution in [3.63, 3.8) is 0 Å². The van der Waals surface area contributed by atoms with Crippen LogP contribution in [-0.4, -0.2) is 29.0 Å². The van der Waals surface area contributed by atoms with E-state index in [1.54, 1.807) is 10.9 Å². The molecule has 0 spiro atoms. The van der Waals surface area contributed by atoms with Gasteiger partial charge in [-0.15, -0.1) is 0 Å². The smallest absolute Gasteiger partial charge is 0.193 e. The van der Waals surface area contributed by atoms with Gasteiger partial charge in [-0.2, -0.15) is 5.10 Å². The van der Waals surface area contributed by atoms with E-state index < -0.39 is 0 Å². The topological polar surface area (TPSA) is 86.7 Å². The van der Waals surface area contributed by atoms with Crippen molar-refractivity contribution in [2.45, 2.75) is 13.0 Å². The molecule has 3 N–H and O–H groups in total. The fourth-order valence-corrected chi connectivity index (χ4v) is 2.16. The van der Waals surface area contributed by atoms with Crippen LogP contribution < -0.4 is 20.5 Å². The van der Waals surface area contributed by atoms with E-state index in [0.29, 0.717) is 25.7 Å². The summed E-state index contributed by atoms with van der Waals surface area (Å²) in [5.41, 5.74) is 7.73. The van der Waals surface area contributed by atoms with Gasteiger partial charge in [0.2, 0.25) is 0 Å². The third kappa shape index (κ3) is 3.49. The highest BCUT2D eigenvalue weighted by Crippen LogP contribution is 2.32. The molecule has 0 bridgehead atoms. The van der Waals surface area contributed by atoms with Gasteiger partial charge in [0.25, 0.3) is 0 Å². The van der Waals surface area contributed by atoms with Gasteiger partial charge in [-0.25, -0.2) is 4.99 Å². The summed E-state index contributed by atoms with van der Waals surface area (Å²) in [5, 5.41) is 7.15. The van der Waals surface area contributed by atoms with Crippen LogP contribution in [0.1, 0.15) is 12.0 Å². The molecule has 0 aliphatic carbocycles. The fourth-order valence-electron chi connectivity index (χ4n) is 2.16. The number of nitrogens with two attached hydrogens (primary N) is 1. The minimum atomic E-state index is 0.346. The first kappa shape index (κ1) is 14.2. The molecule has 116 valence electrons. The summed E-state index contributed by atoms with van der Waals surface area (Å²) in [7, 11) is 1.87. The van der Waals surface area contributed by atoms with Crippen LogP contribution in [0.25, 0.3) is 0 Å². The quantitative estimate of drug-likeness (QED) is 0.663. The van der Waals surface area contributed by atoms with E-state index in [1.165, 1.54) is 0 Å². The highest BCUT2D eigenvalue weighted by Gasteiger charge is 2.10. The van der Waals surface area contributed by atoms with E-state index in [4.69, 9.17) is 15.2 Å².